The van der Waals surface area contributed by atoms with E-state index in [1.54, 1.807) is 34.0 Å². The molecule has 0 aliphatic heterocycles. The predicted molar refractivity (Wildman–Crippen MR) is 563 cm³/mol. The van der Waals surface area contributed by atoms with Gasteiger partial charge in [-0.05, 0) is 144 Å². The van der Waals surface area contributed by atoms with E-state index < -0.39 is 0 Å². The van der Waals surface area contributed by atoms with Crippen molar-refractivity contribution in [3.05, 3.63) is 409 Å². The van der Waals surface area contributed by atoms with Crippen LogP contribution in [0, 0.1) is 0 Å². The van der Waals surface area contributed by atoms with Crippen LogP contribution in [0.2, 0.25) is 0 Å². The molecular weight excluding hydrogens is 1710 g/mol. The Bertz CT molecular complexity index is 9460. The molecule has 0 saturated heterocycles. The second-order valence-electron chi connectivity index (χ2n) is 37.2. The molecule has 638 valence electrons. The molecule has 0 fully saturated rings. The zero-order valence-electron chi connectivity index (χ0n) is 74.4. The topological polar surface area (TPSA) is 117 Å². The summed E-state index contributed by atoms with van der Waals surface area (Å²) in [5.41, 5.74) is 38.1. The average Bonchev–Trinajstić information content (AvgIpc) is 1.55. The number of hydrogen-bond donors (Lipinski definition) is 0. The maximum absolute atomic E-state index is 6.31. The molecule has 26 aromatic rings. The van der Waals surface area contributed by atoms with Gasteiger partial charge in [-0.25, -0.2) is 29.9 Å². The van der Waals surface area contributed by atoms with Gasteiger partial charge in [0.1, 0.15) is 33.5 Å². The number of para-hydroxylation sites is 3. The van der Waals surface area contributed by atoms with E-state index in [0.717, 1.165) is 132 Å². The van der Waals surface area contributed by atoms with E-state index in [9.17, 15) is 0 Å². The van der Waals surface area contributed by atoms with Crippen molar-refractivity contribution in [2.75, 3.05) is 0 Å². The number of furan rings is 3. The Morgan fingerprint density at radius 1 is 0.200 bits per heavy atom. The maximum atomic E-state index is 6.31. The molecule has 0 bridgehead atoms. The number of rotatable bonds is 8. The Kier molecular flexibility index (Phi) is 17.5. The number of benzene rings is 17. The van der Waals surface area contributed by atoms with E-state index in [0.29, 0.717) is 0 Å². The quantitative estimate of drug-likeness (QED) is 0.147. The minimum Gasteiger partial charge on any atom is -0.456 e. The largest absolute Gasteiger partial charge is 0.456 e. The van der Waals surface area contributed by atoms with Crippen LogP contribution in [-0.4, -0.2) is 29.9 Å². The van der Waals surface area contributed by atoms with Gasteiger partial charge in [-0.2, -0.15) is 0 Å². The van der Waals surface area contributed by atoms with Crippen molar-refractivity contribution in [3.8, 4) is 124 Å². The van der Waals surface area contributed by atoms with Crippen LogP contribution in [0.1, 0.15) is 74.9 Å². The molecule has 17 aromatic carbocycles. The monoisotopic (exact) mass is 1780 g/mol. The van der Waals surface area contributed by atoms with Crippen molar-refractivity contribution < 1.29 is 13.3 Å². The summed E-state index contributed by atoms with van der Waals surface area (Å²) < 4.78 is 26.0. The summed E-state index contributed by atoms with van der Waals surface area (Å²) in [5.74, 6) is 2.25. The lowest BCUT2D eigenvalue weighted by Gasteiger charge is -2.24. The number of thiophene rings is 3. The maximum Gasteiger partial charge on any atom is 0.160 e. The van der Waals surface area contributed by atoms with Crippen molar-refractivity contribution in [2.45, 2.75) is 57.8 Å². The Balaban J connectivity index is 0.000000103. The molecule has 0 unspecified atom stereocenters. The molecule has 9 heterocycles. The molecule has 0 atom stereocenters. The van der Waals surface area contributed by atoms with Crippen LogP contribution in [0.3, 0.4) is 0 Å². The van der Waals surface area contributed by atoms with Crippen LogP contribution in [-0.2, 0) is 16.2 Å². The third kappa shape index (κ3) is 12.1. The molecule has 0 spiro atoms. The standard InChI is InChI=1S/2C43H28N2OS.C37H24N2OS/c1-43(2)32-23-24-34-37(29-13-6-8-17-33(29)46-34)36(32)31-16-10-15-28(38(31)43)25-19-21-26(22-20-25)39-41-40(30-14-7-9-18-35(30)47-41)45-42(44-39)27-11-4-3-5-12-27;1-43(2)32-23-24-34-37(29-13-6-8-17-33(29)46-34)36(32)31-16-10-15-28(38(31)43)25-19-21-27(22-20-25)42-44-39(26-11-4-3-5-12-26)41-40(45-42)30-14-7-9-18-35(30)47-41;1-37(2)26-19-20-28-31(22-13-6-8-17-27(22)40-28)30(26)24-15-10-16-25(32(24)37)34-35-33(23-14-7-9-18-29(23)41-35)38-36(39-34)21-11-4-3-5-12-21/h2*3-24H,1-2H3;3-20H,1-2H3. The van der Waals surface area contributed by atoms with Crippen molar-refractivity contribution >= 4 is 161 Å². The zero-order valence-corrected chi connectivity index (χ0v) is 76.9. The molecule has 29 rings (SSSR count). The summed E-state index contributed by atoms with van der Waals surface area (Å²) in [6.07, 6.45) is 0. The third-order valence-electron chi connectivity index (χ3n) is 28.5. The Morgan fingerprint density at radius 3 is 0.837 bits per heavy atom. The highest BCUT2D eigenvalue weighted by atomic mass is 32.1. The van der Waals surface area contributed by atoms with Crippen LogP contribution in [0.5, 0.6) is 0 Å². The molecule has 9 nitrogen and oxygen atoms in total. The molecule has 3 aliphatic rings. The average molecular weight is 1790 g/mol. The molecule has 3 aliphatic carbocycles. The smallest absolute Gasteiger partial charge is 0.160 e. The lowest BCUT2D eigenvalue weighted by atomic mass is 9.78. The molecule has 9 aromatic heterocycles. The van der Waals surface area contributed by atoms with Crippen LogP contribution < -0.4 is 0 Å². The van der Waals surface area contributed by atoms with Gasteiger partial charge < -0.3 is 13.3 Å². The lowest BCUT2D eigenvalue weighted by molar-refractivity contribution is 0.657. The molecule has 0 saturated carbocycles. The minimum absolute atomic E-state index is 0.174. The van der Waals surface area contributed by atoms with Crippen LogP contribution in [0.4, 0.5) is 0 Å². The molecule has 0 N–H and O–H groups in total. The summed E-state index contributed by atoms with van der Waals surface area (Å²) in [5, 5.41) is 10.6. The Morgan fingerprint density at radius 2 is 0.467 bits per heavy atom. The zero-order chi connectivity index (χ0) is 89.8. The van der Waals surface area contributed by atoms with E-state index in [1.165, 1.54) is 152 Å². The van der Waals surface area contributed by atoms with Crippen LogP contribution in [0.15, 0.2) is 389 Å². The fourth-order valence-corrected chi connectivity index (χ4v) is 25.8. The van der Waals surface area contributed by atoms with Gasteiger partial charge in [-0.15, -0.1) is 34.0 Å². The number of hydrogen-bond acceptors (Lipinski definition) is 12. The summed E-state index contributed by atoms with van der Waals surface area (Å²) >= 11 is 5.31. The second-order valence-corrected chi connectivity index (χ2v) is 40.4. The van der Waals surface area contributed by atoms with Gasteiger partial charge in [-0.3, -0.25) is 0 Å². The van der Waals surface area contributed by atoms with Gasteiger partial charge in [0.25, 0.3) is 0 Å². The fourth-order valence-electron chi connectivity index (χ4n) is 22.3. The van der Waals surface area contributed by atoms with E-state index in [-0.39, 0.29) is 16.2 Å². The molecule has 0 amide bonds. The summed E-state index contributed by atoms with van der Waals surface area (Å²) in [7, 11) is 0. The summed E-state index contributed by atoms with van der Waals surface area (Å²) in [6.45, 7) is 14.1. The first-order chi connectivity index (χ1) is 66.2. The highest BCUT2D eigenvalue weighted by molar-refractivity contribution is 7.27. The predicted octanol–water partition coefficient (Wildman–Crippen LogP) is 34.5. The van der Waals surface area contributed by atoms with Crippen LogP contribution >= 0.6 is 34.0 Å². The molecule has 12 heteroatoms. The Labute approximate surface area is 788 Å². The molecule has 135 heavy (non-hydrogen) atoms. The SMILES string of the molecule is CC1(C)c2ccc3oc4ccccc4c3c2-c2cccc(-c3ccc(-c4nc(-c5ccccc5)c5sc6ccccc6c5n4)cc3)c21.CC1(C)c2ccc3oc4ccccc4c3c2-c2cccc(-c3ccc(-c4nc(-c5ccccc5)nc5c4sc4ccccc45)cc3)c21.CC1(C)c2ccc3oc4ccccc4c3c2-c2cccc(-c3nc(-c4ccccc4)nc4c3sc3ccccc34)c21. The van der Waals surface area contributed by atoms with Gasteiger partial charge in [0.05, 0.1) is 47.7 Å². The van der Waals surface area contributed by atoms with Gasteiger partial charge in [0, 0.05) is 112 Å². The van der Waals surface area contributed by atoms with Gasteiger partial charge in [0.15, 0.2) is 17.5 Å². The first-order valence-corrected chi connectivity index (χ1v) is 48.4. The highest BCUT2D eigenvalue weighted by Gasteiger charge is 2.44. The van der Waals surface area contributed by atoms with Crippen molar-refractivity contribution in [2.24, 2.45) is 0 Å². The fraction of sp³-hybridized carbons (Fsp3) is 0.0732. The van der Waals surface area contributed by atoms with Crippen molar-refractivity contribution in [3.63, 3.8) is 0 Å². The van der Waals surface area contributed by atoms with Crippen molar-refractivity contribution in [1.82, 2.24) is 29.9 Å². The van der Waals surface area contributed by atoms with Gasteiger partial charge >= 0.3 is 0 Å². The van der Waals surface area contributed by atoms with Gasteiger partial charge in [0.2, 0.25) is 0 Å². The van der Waals surface area contributed by atoms with Crippen LogP contribution in [0.25, 0.3) is 250 Å². The highest BCUT2D eigenvalue weighted by Crippen LogP contribution is 2.61. The van der Waals surface area contributed by atoms with E-state index in [4.69, 9.17) is 43.2 Å². The number of nitrogens with zero attached hydrogens (tertiary/aromatic N) is 6. The van der Waals surface area contributed by atoms with E-state index in [2.05, 4.69) is 369 Å². The molecule has 0 radical (unpaired) electrons. The van der Waals surface area contributed by atoms with E-state index in [1.807, 2.05) is 48.5 Å². The second kappa shape index (κ2) is 30.0. The minimum atomic E-state index is -0.227. The van der Waals surface area contributed by atoms with E-state index >= 15 is 0 Å². The molecular formula is C123H80N6O3S3. The summed E-state index contributed by atoms with van der Waals surface area (Å²) in [6, 6.07) is 133. The van der Waals surface area contributed by atoms with Gasteiger partial charge in [-0.1, -0.05) is 363 Å². The Hall–Kier alpha value is -16.0. The van der Waals surface area contributed by atoms with Crippen molar-refractivity contribution in [1.29, 1.82) is 0 Å². The third-order valence-corrected chi connectivity index (χ3v) is 32.0. The number of fused-ring (bicyclic) bond motifs is 30. The first kappa shape index (κ1) is 78.8. The summed E-state index contributed by atoms with van der Waals surface area (Å²) in [4.78, 5) is 31.1. The first-order valence-electron chi connectivity index (χ1n) is 45.9. The lowest BCUT2D eigenvalue weighted by Crippen LogP contribution is -2.16. The number of aromatic nitrogens is 6. The normalized spacial score (nSPS) is 13.6.